The Labute approximate surface area is 159 Å². The van der Waals surface area contributed by atoms with E-state index in [2.05, 4.69) is 15.4 Å². The van der Waals surface area contributed by atoms with Crippen molar-refractivity contribution in [3.8, 4) is 11.4 Å². The van der Waals surface area contributed by atoms with Gasteiger partial charge in [0, 0.05) is 17.6 Å². The third-order valence-corrected chi connectivity index (χ3v) is 4.06. The van der Waals surface area contributed by atoms with Gasteiger partial charge in [0.25, 0.3) is 5.91 Å². The number of benzene rings is 1. The normalized spacial score (nSPS) is 12.3. The predicted octanol–water partition coefficient (Wildman–Crippen LogP) is 2.23. The third-order valence-electron chi connectivity index (χ3n) is 4.06. The van der Waals surface area contributed by atoms with Gasteiger partial charge in [-0.25, -0.2) is 4.79 Å². The van der Waals surface area contributed by atoms with Crippen molar-refractivity contribution < 1.29 is 14.3 Å². The highest BCUT2D eigenvalue weighted by molar-refractivity contribution is 5.83. The number of aromatic nitrogens is 4. The first-order chi connectivity index (χ1) is 12.7. The van der Waals surface area contributed by atoms with Crippen LogP contribution in [0.2, 0.25) is 0 Å². The van der Waals surface area contributed by atoms with E-state index >= 15 is 0 Å². The maximum atomic E-state index is 12.5. The van der Waals surface area contributed by atoms with Crippen molar-refractivity contribution in [1.82, 2.24) is 25.1 Å². The van der Waals surface area contributed by atoms with Crippen LogP contribution in [0, 0.1) is 6.92 Å². The van der Waals surface area contributed by atoms with Crippen LogP contribution in [0.5, 0.6) is 0 Å². The molecule has 1 atom stereocenters. The van der Waals surface area contributed by atoms with Crippen LogP contribution in [-0.2, 0) is 20.9 Å². The molecule has 2 rings (SSSR count). The molecule has 1 unspecified atom stereocenters. The molecular weight excluding hydrogens is 346 g/mol. The maximum Gasteiger partial charge on any atom is 0.330 e. The average molecular weight is 373 g/mol. The van der Waals surface area contributed by atoms with Crippen molar-refractivity contribution in [3.63, 3.8) is 0 Å². The molecule has 146 valence electrons. The highest BCUT2D eigenvalue weighted by Crippen LogP contribution is 2.14. The van der Waals surface area contributed by atoms with E-state index in [1.165, 1.54) is 0 Å². The first-order valence-electron chi connectivity index (χ1n) is 9.05. The summed E-state index contributed by atoms with van der Waals surface area (Å²) in [5.74, 6) is -0.380. The van der Waals surface area contributed by atoms with Gasteiger partial charge in [0.05, 0.1) is 0 Å². The zero-order chi connectivity index (χ0) is 20.1. The summed E-state index contributed by atoms with van der Waals surface area (Å²) in [5, 5.41) is 12.0. The molecule has 0 saturated carbocycles. The highest BCUT2D eigenvalue weighted by atomic mass is 16.5. The SMILES string of the molecule is Cc1ccc(-c2nnn(CC(=O)OC(C)C(=O)N(C(C)C)C(C)C)n2)cc1. The molecule has 0 fully saturated rings. The summed E-state index contributed by atoms with van der Waals surface area (Å²) in [6, 6.07) is 7.73. The minimum atomic E-state index is -0.873. The number of tetrazole rings is 1. The van der Waals surface area contributed by atoms with E-state index in [9.17, 15) is 9.59 Å². The quantitative estimate of drug-likeness (QED) is 0.691. The van der Waals surface area contributed by atoms with E-state index in [0.29, 0.717) is 5.82 Å². The summed E-state index contributed by atoms with van der Waals surface area (Å²) in [5.41, 5.74) is 1.94. The topological polar surface area (TPSA) is 90.2 Å². The van der Waals surface area contributed by atoms with Gasteiger partial charge in [-0.15, -0.1) is 10.2 Å². The molecule has 1 aromatic heterocycles. The smallest absolute Gasteiger partial charge is 0.330 e. The molecule has 0 aliphatic heterocycles. The van der Waals surface area contributed by atoms with Gasteiger partial charge in [-0.3, -0.25) is 4.79 Å². The number of amides is 1. The molecule has 0 saturated heterocycles. The summed E-state index contributed by atoms with van der Waals surface area (Å²) >= 11 is 0. The van der Waals surface area contributed by atoms with E-state index in [-0.39, 0.29) is 24.5 Å². The third kappa shape index (κ3) is 5.35. The molecule has 0 spiro atoms. The van der Waals surface area contributed by atoms with E-state index in [1.54, 1.807) is 11.8 Å². The van der Waals surface area contributed by atoms with Gasteiger partial charge in [0.2, 0.25) is 5.82 Å². The van der Waals surface area contributed by atoms with E-state index in [1.807, 2.05) is 58.9 Å². The monoisotopic (exact) mass is 373 g/mol. The Kier molecular flexibility index (Phi) is 6.65. The second kappa shape index (κ2) is 8.75. The lowest BCUT2D eigenvalue weighted by Crippen LogP contribution is -2.47. The van der Waals surface area contributed by atoms with Crippen molar-refractivity contribution in [2.45, 2.75) is 66.3 Å². The Balaban J connectivity index is 1.97. The van der Waals surface area contributed by atoms with Crippen molar-refractivity contribution in [2.24, 2.45) is 0 Å². The minimum Gasteiger partial charge on any atom is -0.451 e. The summed E-state index contributed by atoms with van der Waals surface area (Å²) < 4.78 is 5.27. The molecule has 0 aliphatic carbocycles. The molecule has 1 heterocycles. The first-order valence-corrected chi connectivity index (χ1v) is 9.05. The Bertz CT molecular complexity index is 775. The Morgan fingerprint density at radius 3 is 2.22 bits per heavy atom. The standard InChI is InChI=1S/C19H27N5O3/c1-12(2)24(13(3)4)19(26)15(6)27-17(25)11-23-21-18(20-22-23)16-9-7-14(5)8-10-16/h7-10,12-13,15H,11H2,1-6H3. The second-order valence-corrected chi connectivity index (χ2v) is 7.07. The molecule has 1 amide bonds. The maximum absolute atomic E-state index is 12.5. The molecule has 8 nitrogen and oxygen atoms in total. The van der Waals surface area contributed by atoms with Crippen LogP contribution >= 0.6 is 0 Å². The predicted molar refractivity (Wildman–Crippen MR) is 101 cm³/mol. The lowest BCUT2D eigenvalue weighted by molar-refractivity contribution is -0.161. The van der Waals surface area contributed by atoms with Crippen LogP contribution in [0.25, 0.3) is 11.4 Å². The van der Waals surface area contributed by atoms with Gasteiger partial charge in [-0.1, -0.05) is 29.8 Å². The van der Waals surface area contributed by atoms with Crippen molar-refractivity contribution in [1.29, 1.82) is 0 Å². The van der Waals surface area contributed by atoms with Gasteiger partial charge >= 0.3 is 5.97 Å². The highest BCUT2D eigenvalue weighted by Gasteiger charge is 2.27. The molecule has 2 aromatic rings. The number of esters is 1. The van der Waals surface area contributed by atoms with E-state index in [0.717, 1.165) is 15.9 Å². The zero-order valence-corrected chi connectivity index (χ0v) is 16.7. The Morgan fingerprint density at radius 2 is 1.67 bits per heavy atom. The number of hydrogen-bond acceptors (Lipinski definition) is 6. The summed E-state index contributed by atoms with van der Waals surface area (Å²) in [7, 11) is 0. The number of nitrogens with zero attached hydrogens (tertiary/aromatic N) is 5. The number of carbonyl (C=O) groups excluding carboxylic acids is 2. The molecule has 0 aliphatic rings. The Hall–Kier alpha value is -2.77. The van der Waals surface area contributed by atoms with Crippen LogP contribution in [0.3, 0.4) is 0 Å². The summed E-state index contributed by atoms with van der Waals surface area (Å²) in [6.07, 6.45) is -0.873. The number of rotatable bonds is 7. The fraction of sp³-hybridized carbons (Fsp3) is 0.526. The second-order valence-electron chi connectivity index (χ2n) is 7.07. The van der Waals surface area contributed by atoms with Gasteiger partial charge in [-0.2, -0.15) is 4.80 Å². The van der Waals surface area contributed by atoms with Crippen LogP contribution in [-0.4, -0.2) is 55.2 Å². The zero-order valence-electron chi connectivity index (χ0n) is 16.7. The average Bonchev–Trinajstić information content (AvgIpc) is 3.02. The van der Waals surface area contributed by atoms with Gasteiger partial charge in [0.1, 0.15) is 0 Å². The van der Waals surface area contributed by atoms with Crippen LogP contribution < -0.4 is 0 Å². The summed E-state index contributed by atoms with van der Waals surface area (Å²) in [6.45, 7) is 11.1. The van der Waals surface area contributed by atoms with Crippen molar-refractivity contribution in [2.75, 3.05) is 0 Å². The van der Waals surface area contributed by atoms with Crippen LogP contribution in [0.15, 0.2) is 24.3 Å². The number of ether oxygens (including phenoxy) is 1. The largest absolute Gasteiger partial charge is 0.451 e. The van der Waals surface area contributed by atoms with Gasteiger partial charge in [-0.05, 0) is 46.8 Å². The number of hydrogen-bond donors (Lipinski definition) is 0. The fourth-order valence-corrected chi connectivity index (χ4v) is 2.84. The molecule has 0 N–H and O–H groups in total. The molecule has 27 heavy (non-hydrogen) atoms. The molecule has 0 radical (unpaired) electrons. The van der Waals surface area contributed by atoms with E-state index < -0.39 is 12.1 Å². The van der Waals surface area contributed by atoms with Crippen LogP contribution in [0.4, 0.5) is 0 Å². The van der Waals surface area contributed by atoms with E-state index in [4.69, 9.17) is 4.74 Å². The summed E-state index contributed by atoms with van der Waals surface area (Å²) in [4.78, 5) is 27.5. The molecule has 1 aromatic carbocycles. The fourth-order valence-electron chi connectivity index (χ4n) is 2.84. The lowest BCUT2D eigenvalue weighted by Gasteiger charge is -2.32. The van der Waals surface area contributed by atoms with Gasteiger partial charge in [0.15, 0.2) is 12.6 Å². The van der Waals surface area contributed by atoms with Crippen molar-refractivity contribution >= 4 is 11.9 Å². The lowest BCUT2D eigenvalue weighted by atomic mass is 10.1. The van der Waals surface area contributed by atoms with Crippen molar-refractivity contribution in [3.05, 3.63) is 29.8 Å². The molecular formula is C19H27N5O3. The first kappa shape index (κ1) is 20.5. The number of aryl methyl sites for hydroxylation is 1. The molecule has 0 bridgehead atoms. The van der Waals surface area contributed by atoms with Crippen LogP contribution in [0.1, 0.15) is 40.2 Å². The minimum absolute atomic E-state index is 0.0210. The Morgan fingerprint density at radius 1 is 1.07 bits per heavy atom. The number of carbonyl (C=O) groups is 2. The van der Waals surface area contributed by atoms with Gasteiger partial charge < -0.3 is 9.64 Å². The molecule has 8 heteroatoms.